The molecule has 1 fully saturated rings. The molecule has 3 N–H and O–H groups in total. The summed E-state index contributed by atoms with van der Waals surface area (Å²) >= 11 is 3.46. The summed E-state index contributed by atoms with van der Waals surface area (Å²) in [6, 6.07) is 10.0. The molecule has 116 valence electrons. The minimum atomic E-state index is 0.0178. The fourth-order valence-electron chi connectivity index (χ4n) is 2.86. The maximum atomic E-state index is 12.3. The molecule has 2 aromatic rings. The number of amides is 1. The molecule has 0 bridgehead atoms. The third-order valence-electron chi connectivity index (χ3n) is 4.03. The van der Waals surface area contributed by atoms with Crippen LogP contribution in [0.3, 0.4) is 0 Å². The van der Waals surface area contributed by atoms with Crippen LogP contribution < -0.4 is 11.1 Å². The van der Waals surface area contributed by atoms with Crippen molar-refractivity contribution in [3.63, 3.8) is 0 Å². The largest absolute Gasteiger partial charge is 0.328 e. The second-order valence-electron chi connectivity index (χ2n) is 5.76. The Labute approximate surface area is 138 Å². The minimum absolute atomic E-state index is 0.0178. The van der Waals surface area contributed by atoms with Gasteiger partial charge in [0.2, 0.25) is 5.91 Å². The normalized spacial score (nSPS) is 21.0. The molecular formula is C16H19BrN4O. The van der Waals surface area contributed by atoms with Crippen molar-refractivity contribution in [2.75, 3.05) is 5.32 Å². The first-order valence-corrected chi connectivity index (χ1v) is 8.24. The van der Waals surface area contributed by atoms with Gasteiger partial charge in [0.05, 0.1) is 12.7 Å². The number of aromatic nitrogens is 2. The predicted octanol–water partition coefficient (Wildman–Crippen LogP) is 2.76. The Kier molecular flexibility index (Phi) is 4.59. The van der Waals surface area contributed by atoms with Gasteiger partial charge in [0.1, 0.15) is 5.82 Å². The molecule has 2 atom stereocenters. The summed E-state index contributed by atoms with van der Waals surface area (Å²) in [6.07, 6.45) is 4.27. The zero-order valence-electron chi connectivity index (χ0n) is 12.2. The van der Waals surface area contributed by atoms with Crippen LogP contribution in [0, 0.1) is 5.92 Å². The number of nitrogens with zero attached hydrogens (tertiary/aromatic N) is 2. The SMILES string of the molecule is NC1CCC(C(=O)Nc2ccnn2Cc2cccc(Br)c2)C1. The first-order valence-electron chi connectivity index (χ1n) is 7.44. The zero-order chi connectivity index (χ0) is 15.5. The number of rotatable bonds is 4. The first-order chi connectivity index (χ1) is 10.6. The van der Waals surface area contributed by atoms with E-state index in [0.717, 1.165) is 35.1 Å². The number of nitrogens with one attached hydrogen (secondary N) is 1. The fraction of sp³-hybridized carbons (Fsp3) is 0.375. The average molecular weight is 363 g/mol. The van der Waals surface area contributed by atoms with Crippen LogP contribution >= 0.6 is 15.9 Å². The van der Waals surface area contributed by atoms with Gasteiger partial charge in [-0.05, 0) is 37.0 Å². The highest BCUT2D eigenvalue weighted by Gasteiger charge is 2.28. The van der Waals surface area contributed by atoms with E-state index >= 15 is 0 Å². The monoisotopic (exact) mass is 362 g/mol. The molecule has 1 amide bonds. The van der Waals surface area contributed by atoms with E-state index in [1.54, 1.807) is 10.9 Å². The maximum Gasteiger partial charge on any atom is 0.228 e. The number of hydrogen-bond donors (Lipinski definition) is 2. The van der Waals surface area contributed by atoms with Gasteiger partial charge in [-0.1, -0.05) is 28.1 Å². The summed E-state index contributed by atoms with van der Waals surface area (Å²) in [5.41, 5.74) is 7.00. The van der Waals surface area contributed by atoms with Crippen LogP contribution in [-0.4, -0.2) is 21.7 Å². The van der Waals surface area contributed by atoms with Gasteiger partial charge in [0.25, 0.3) is 0 Å². The van der Waals surface area contributed by atoms with Crippen molar-refractivity contribution in [2.24, 2.45) is 11.7 Å². The molecular weight excluding hydrogens is 344 g/mol. The van der Waals surface area contributed by atoms with Crippen LogP contribution in [0.2, 0.25) is 0 Å². The van der Waals surface area contributed by atoms with Crippen molar-refractivity contribution in [3.8, 4) is 0 Å². The number of carbonyl (C=O) groups excluding carboxylic acids is 1. The van der Waals surface area contributed by atoms with E-state index in [4.69, 9.17) is 5.73 Å². The third kappa shape index (κ3) is 3.56. The molecule has 5 nitrogen and oxygen atoms in total. The van der Waals surface area contributed by atoms with Gasteiger partial charge < -0.3 is 11.1 Å². The van der Waals surface area contributed by atoms with Gasteiger partial charge in [-0.25, -0.2) is 4.68 Å². The minimum Gasteiger partial charge on any atom is -0.328 e. The van der Waals surface area contributed by atoms with Crippen molar-refractivity contribution in [2.45, 2.75) is 31.8 Å². The lowest BCUT2D eigenvalue weighted by Gasteiger charge is -2.12. The molecule has 6 heteroatoms. The third-order valence-corrected chi connectivity index (χ3v) is 4.53. The second kappa shape index (κ2) is 6.62. The molecule has 1 aromatic carbocycles. The second-order valence-corrected chi connectivity index (χ2v) is 6.68. The molecule has 3 rings (SSSR count). The van der Waals surface area contributed by atoms with Gasteiger partial charge >= 0.3 is 0 Å². The Bertz CT molecular complexity index is 670. The van der Waals surface area contributed by atoms with Crippen LogP contribution in [-0.2, 0) is 11.3 Å². The first kappa shape index (κ1) is 15.2. The molecule has 1 saturated carbocycles. The molecule has 1 aliphatic carbocycles. The van der Waals surface area contributed by atoms with Crippen molar-refractivity contribution in [1.29, 1.82) is 0 Å². The average Bonchev–Trinajstić information content (AvgIpc) is 3.09. The lowest BCUT2D eigenvalue weighted by atomic mass is 10.1. The van der Waals surface area contributed by atoms with Gasteiger partial charge in [-0.3, -0.25) is 4.79 Å². The summed E-state index contributed by atoms with van der Waals surface area (Å²) < 4.78 is 2.83. The molecule has 0 spiro atoms. The molecule has 22 heavy (non-hydrogen) atoms. The fourth-order valence-corrected chi connectivity index (χ4v) is 3.30. The topological polar surface area (TPSA) is 72.9 Å². The highest BCUT2D eigenvalue weighted by molar-refractivity contribution is 9.10. The molecule has 1 aromatic heterocycles. The van der Waals surface area contributed by atoms with Crippen molar-refractivity contribution < 1.29 is 4.79 Å². The highest BCUT2D eigenvalue weighted by Crippen LogP contribution is 2.25. The van der Waals surface area contributed by atoms with Crippen molar-refractivity contribution >= 4 is 27.7 Å². The number of anilines is 1. The quantitative estimate of drug-likeness (QED) is 0.877. The van der Waals surface area contributed by atoms with E-state index in [9.17, 15) is 4.79 Å². The van der Waals surface area contributed by atoms with Crippen LogP contribution in [0.5, 0.6) is 0 Å². The Morgan fingerprint density at radius 3 is 3.00 bits per heavy atom. The molecule has 2 unspecified atom stereocenters. The zero-order valence-corrected chi connectivity index (χ0v) is 13.8. The predicted molar refractivity (Wildman–Crippen MR) is 89.4 cm³/mol. The van der Waals surface area contributed by atoms with E-state index in [2.05, 4.69) is 26.3 Å². The number of nitrogens with two attached hydrogens (primary N) is 1. The number of halogens is 1. The lowest BCUT2D eigenvalue weighted by molar-refractivity contribution is -0.119. The molecule has 0 saturated heterocycles. The summed E-state index contributed by atoms with van der Waals surface area (Å²) in [5, 5.41) is 7.28. The summed E-state index contributed by atoms with van der Waals surface area (Å²) in [7, 11) is 0. The molecule has 1 aliphatic rings. The Hall–Kier alpha value is -1.66. The van der Waals surface area contributed by atoms with E-state index < -0.39 is 0 Å². The van der Waals surface area contributed by atoms with E-state index in [1.807, 2.05) is 30.3 Å². The van der Waals surface area contributed by atoms with Gasteiger partial charge in [-0.15, -0.1) is 0 Å². The molecule has 0 aliphatic heterocycles. The molecule has 0 radical (unpaired) electrons. The molecule has 1 heterocycles. The van der Waals surface area contributed by atoms with E-state index in [1.165, 1.54) is 0 Å². The highest BCUT2D eigenvalue weighted by atomic mass is 79.9. The van der Waals surface area contributed by atoms with Gasteiger partial charge in [0.15, 0.2) is 0 Å². The summed E-state index contributed by atoms with van der Waals surface area (Å²) in [5.74, 6) is 0.790. The van der Waals surface area contributed by atoms with Crippen LogP contribution in [0.1, 0.15) is 24.8 Å². The van der Waals surface area contributed by atoms with Crippen molar-refractivity contribution in [3.05, 3.63) is 46.6 Å². The summed E-state index contributed by atoms with van der Waals surface area (Å²) in [4.78, 5) is 12.3. The standard InChI is InChI=1S/C16H19BrN4O/c17-13-3-1-2-11(8-13)10-21-15(6-7-19-21)20-16(22)12-4-5-14(18)9-12/h1-3,6-8,12,14H,4-5,9-10,18H2,(H,20,22). The number of benzene rings is 1. The van der Waals surface area contributed by atoms with Crippen LogP contribution in [0.25, 0.3) is 0 Å². The van der Waals surface area contributed by atoms with Gasteiger partial charge in [-0.2, -0.15) is 5.10 Å². The maximum absolute atomic E-state index is 12.3. The number of carbonyl (C=O) groups is 1. The number of hydrogen-bond acceptors (Lipinski definition) is 3. The van der Waals surface area contributed by atoms with Gasteiger partial charge in [0, 0.05) is 22.5 Å². The van der Waals surface area contributed by atoms with Crippen LogP contribution in [0.4, 0.5) is 5.82 Å². The lowest BCUT2D eigenvalue weighted by Crippen LogP contribution is -2.24. The Morgan fingerprint density at radius 2 is 2.27 bits per heavy atom. The van der Waals surface area contributed by atoms with E-state index in [0.29, 0.717) is 6.54 Å². The Morgan fingerprint density at radius 1 is 1.41 bits per heavy atom. The van der Waals surface area contributed by atoms with Crippen LogP contribution in [0.15, 0.2) is 41.0 Å². The Balaban J connectivity index is 1.68. The van der Waals surface area contributed by atoms with E-state index in [-0.39, 0.29) is 17.9 Å². The van der Waals surface area contributed by atoms with Crippen molar-refractivity contribution in [1.82, 2.24) is 9.78 Å². The smallest absolute Gasteiger partial charge is 0.228 e. The summed E-state index contributed by atoms with van der Waals surface area (Å²) in [6.45, 7) is 0.617.